The van der Waals surface area contributed by atoms with Gasteiger partial charge in [-0.3, -0.25) is 10.1 Å². The van der Waals surface area contributed by atoms with E-state index in [4.69, 9.17) is 21.7 Å². The third-order valence-corrected chi connectivity index (χ3v) is 4.10. The highest BCUT2D eigenvalue weighted by molar-refractivity contribution is 7.80. The van der Waals surface area contributed by atoms with Gasteiger partial charge in [-0.05, 0) is 67.4 Å². The Labute approximate surface area is 172 Å². The van der Waals surface area contributed by atoms with Crippen molar-refractivity contribution in [3.63, 3.8) is 0 Å². The average Bonchev–Trinajstić information content (AvgIpc) is 2.67. The zero-order chi connectivity index (χ0) is 20.4. The first-order valence-corrected chi connectivity index (χ1v) is 9.97. The van der Waals surface area contributed by atoms with E-state index in [1.54, 1.807) is 18.2 Å². The molecule has 0 aliphatic rings. The second-order valence-corrected chi connectivity index (χ2v) is 7.22. The molecule has 2 aromatic carbocycles. The Morgan fingerprint density at radius 2 is 1.75 bits per heavy atom. The summed E-state index contributed by atoms with van der Waals surface area (Å²) in [6, 6.07) is 14.6. The maximum absolute atomic E-state index is 12.6. The average molecular weight is 401 g/mol. The van der Waals surface area contributed by atoms with E-state index in [0.29, 0.717) is 30.4 Å². The van der Waals surface area contributed by atoms with Gasteiger partial charge in [0.2, 0.25) is 0 Å². The lowest BCUT2D eigenvalue weighted by Crippen LogP contribution is -2.34. The molecule has 2 aromatic rings. The monoisotopic (exact) mass is 400 g/mol. The summed E-state index contributed by atoms with van der Waals surface area (Å²) in [5.74, 6) is 1.59. The number of hydrogen-bond acceptors (Lipinski definition) is 4. The first-order valence-electron chi connectivity index (χ1n) is 9.56. The van der Waals surface area contributed by atoms with Crippen molar-refractivity contribution in [2.45, 2.75) is 33.6 Å². The van der Waals surface area contributed by atoms with Crippen molar-refractivity contribution >= 4 is 28.9 Å². The molecule has 0 atom stereocenters. The second-order valence-electron chi connectivity index (χ2n) is 6.81. The molecule has 0 saturated carbocycles. The van der Waals surface area contributed by atoms with Gasteiger partial charge < -0.3 is 14.8 Å². The lowest BCUT2D eigenvalue weighted by atomic mass is 10.1. The van der Waals surface area contributed by atoms with Crippen LogP contribution >= 0.6 is 12.2 Å². The zero-order valence-corrected chi connectivity index (χ0v) is 17.5. The summed E-state index contributed by atoms with van der Waals surface area (Å²) in [7, 11) is 0. The van der Waals surface area contributed by atoms with E-state index in [0.717, 1.165) is 24.3 Å². The molecule has 2 N–H and O–H groups in total. The first kappa shape index (κ1) is 21.7. The minimum atomic E-state index is -0.305. The van der Waals surface area contributed by atoms with Gasteiger partial charge in [-0.1, -0.05) is 32.9 Å². The molecular formula is C22H28N2O3S. The van der Waals surface area contributed by atoms with Crippen LogP contribution in [0, 0.1) is 5.92 Å². The van der Waals surface area contributed by atoms with Crippen LogP contribution in [-0.4, -0.2) is 24.2 Å². The molecule has 0 radical (unpaired) electrons. The highest BCUT2D eigenvalue weighted by atomic mass is 32.1. The van der Waals surface area contributed by atoms with Crippen LogP contribution in [-0.2, 0) is 0 Å². The third-order valence-electron chi connectivity index (χ3n) is 3.90. The number of hydrogen-bond donors (Lipinski definition) is 2. The van der Waals surface area contributed by atoms with Crippen LogP contribution in [0.1, 0.15) is 44.0 Å². The van der Waals surface area contributed by atoms with Crippen molar-refractivity contribution < 1.29 is 14.3 Å². The molecule has 6 heteroatoms. The van der Waals surface area contributed by atoms with Crippen LogP contribution in [0.15, 0.2) is 48.5 Å². The molecule has 0 aliphatic heterocycles. The van der Waals surface area contributed by atoms with Gasteiger partial charge in [-0.15, -0.1) is 0 Å². The summed E-state index contributed by atoms with van der Waals surface area (Å²) < 4.78 is 11.3. The van der Waals surface area contributed by atoms with E-state index in [1.807, 2.05) is 30.3 Å². The van der Waals surface area contributed by atoms with E-state index in [2.05, 4.69) is 31.4 Å². The molecule has 0 spiro atoms. The first-order chi connectivity index (χ1) is 13.5. The standard InChI is InChI=1S/C22H28N2O3S/c1-4-14-26-18-11-9-17(10-12-18)23-22(28)24-21(25)19-7-5-6-8-20(19)27-15-13-16(2)3/h5-12,16H,4,13-15H2,1-3H3,(H2,23,24,25,28). The Hall–Kier alpha value is -2.60. The molecule has 5 nitrogen and oxygen atoms in total. The quantitative estimate of drug-likeness (QED) is 0.578. The Balaban J connectivity index is 1.92. The Morgan fingerprint density at radius 3 is 2.43 bits per heavy atom. The summed E-state index contributed by atoms with van der Waals surface area (Å²) in [6.07, 6.45) is 1.88. The molecule has 0 aliphatic carbocycles. The zero-order valence-electron chi connectivity index (χ0n) is 16.7. The van der Waals surface area contributed by atoms with Crippen LogP contribution in [0.25, 0.3) is 0 Å². The molecule has 2 rings (SSSR count). The van der Waals surface area contributed by atoms with E-state index < -0.39 is 0 Å². The lowest BCUT2D eigenvalue weighted by Gasteiger charge is -2.14. The molecule has 0 bridgehead atoms. The van der Waals surface area contributed by atoms with Crippen LogP contribution in [0.5, 0.6) is 11.5 Å². The number of thiocarbonyl (C=S) groups is 1. The highest BCUT2D eigenvalue weighted by Gasteiger charge is 2.14. The van der Waals surface area contributed by atoms with Crippen molar-refractivity contribution in [3.05, 3.63) is 54.1 Å². The largest absolute Gasteiger partial charge is 0.494 e. The molecule has 0 unspecified atom stereocenters. The predicted molar refractivity (Wildman–Crippen MR) is 117 cm³/mol. The fourth-order valence-corrected chi connectivity index (χ4v) is 2.58. The van der Waals surface area contributed by atoms with Gasteiger partial charge in [0.1, 0.15) is 11.5 Å². The fraction of sp³-hybridized carbons (Fsp3) is 0.364. The number of para-hydroxylation sites is 1. The number of nitrogens with one attached hydrogen (secondary N) is 2. The summed E-state index contributed by atoms with van der Waals surface area (Å²) in [4.78, 5) is 12.6. The van der Waals surface area contributed by atoms with Crippen molar-refractivity contribution in [2.75, 3.05) is 18.5 Å². The third kappa shape index (κ3) is 7.19. The number of carbonyl (C=O) groups is 1. The van der Waals surface area contributed by atoms with Gasteiger partial charge in [0, 0.05) is 5.69 Å². The SMILES string of the molecule is CCCOc1ccc(NC(=S)NC(=O)c2ccccc2OCCC(C)C)cc1. The number of benzene rings is 2. The van der Waals surface area contributed by atoms with Gasteiger partial charge in [0.15, 0.2) is 5.11 Å². The molecule has 0 fully saturated rings. The maximum Gasteiger partial charge on any atom is 0.261 e. The second kappa shape index (κ2) is 11.3. The van der Waals surface area contributed by atoms with Gasteiger partial charge in [-0.2, -0.15) is 0 Å². The summed E-state index contributed by atoms with van der Waals surface area (Å²) >= 11 is 5.26. The van der Waals surface area contributed by atoms with E-state index in [9.17, 15) is 4.79 Å². The fourth-order valence-electron chi connectivity index (χ4n) is 2.37. The van der Waals surface area contributed by atoms with E-state index in [-0.39, 0.29) is 11.0 Å². The molecule has 0 saturated heterocycles. The molecule has 0 heterocycles. The van der Waals surface area contributed by atoms with Crippen molar-refractivity contribution in [1.29, 1.82) is 0 Å². The van der Waals surface area contributed by atoms with Crippen LogP contribution in [0.2, 0.25) is 0 Å². The summed E-state index contributed by atoms with van der Waals surface area (Å²) in [5, 5.41) is 5.94. The van der Waals surface area contributed by atoms with Crippen molar-refractivity contribution in [2.24, 2.45) is 5.92 Å². The van der Waals surface area contributed by atoms with Gasteiger partial charge in [0.05, 0.1) is 18.8 Å². The Morgan fingerprint density at radius 1 is 1.04 bits per heavy atom. The molecular weight excluding hydrogens is 372 g/mol. The van der Waals surface area contributed by atoms with Crippen molar-refractivity contribution in [1.82, 2.24) is 5.32 Å². The minimum absolute atomic E-state index is 0.226. The molecule has 150 valence electrons. The normalized spacial score (nSPS) is 10.4. The topological polar surface area (TPSA) is 59.6 Å². The summed E-state index contributed by atoms with van der Waals surface area (Å²) in [6.45, 7) is 7.57. The number of carbonyl (C=O) groups excluding carboxylic acids is 1. The van der Waals surface area contributed by atoms with Crippen molar-refractivity contribution in [3.8, 4) is 11.5 Å². The maximum atomic E-state index is 12.6. The van der Waals surface area contributed by atoms with Crippen LogP contribution < -0.4 is 20.1 Å². The number of amides is 1. The predicted octanol–water partition coefficient (Wildman–Crippen LogP) is 5.03. The minimum Gasteiger partial charge on any atom is -0.494 e. The van der Waals surface area contributed by atoms with E-state index >= 15 is 0 Å². The van der Waals surface area contributed by atoms with Gasteiger partial charge in [-0.25, -0.2) is 0 Å². The molecule has 1 amide bonds. The van der Waals surface area contributed by atoms with E-state index in [1.165, 1.54) is 0 Å². The number of anilines is 1. The molecule has 0 aromatic heterocycles. The Kier molecular flexibility index (Phi) is 8.75. The highest BCUT2D eigenvalue weighted by Crippen LogP contribution is 2.19. The van der Waals surface area contributed by atoms with Crippen LogP contribution in [0.4, 0.5) is 5.69 Å². The summed E-state index contributed by atoms with van der Waals surface area (Å²) in [5.41, 5.74) is 1.23. The smallest absolute Gasteiger partial charge is 0.261 e. The van der Waals surface area contributed by atoms with Gasteiger partial charge >= 0.3 is 0 Å². The van der Waals surface area contributed by atoms with Gasteiger partial charge in [0.25, 0.3) is 5.91 Å². The lowest BCUT2D eigenvalue weighted by molar-refractivity contribution is 0.0973. The number of ether oxygens (including phenoxy) is 2. The Bertz CT molecular complexity index is 776. The van der Waals surface area contributed by atoms with Crippen LogP contribution in [0.3, 0.4) is 0 Å². The number of rotatable bonds is 9. The molecule has 28 heavy (non-hydrogen) atoms.